The van der Waals surface area contributed by atoms with E-state index in [1.54, 1.807) is 0 Å². The van der Waals surface area contributed by atoms with E-state index >= 15 is 0 Å². The first kappa shape index (κ1) is 24.3. The quantitative estimate of drug-likeness (QED) is 0.512. The van der Waals surface area contributed by atoms with Gasteiger partial charge in [0.15, 0.2) is 0 Å². The third kappa shape index (κ3) is 18.3. The number of carboxylic acids is 4. The molecule has 0 aromatic carbocycles. The second kappa shape index (κ2) is 13.3. The Balaban J connectivity index is -0.0000000831. The van der Waals surface area contributed by atoms with Gasteiger partial charge in [0.1, 0.15) is 0 Å². The van der Waals surface area contributed by atoms with Crippen LogP contribution in [-0.4, -0.2) is 46.2 Å². The van der Waals surface area contributed by atoms with Gasteiger partial charge in [-0.25, -0.2) is 0 Å². The first-order valence-electron chi connectivity index (χ1n) is 5.35. The summed E-state index contributed by atoms with van der Waals surface area (Å²) in [6.07, 6.45) is -1.14. The maximum atomic E-state index is 9.91. The summed E-state index contributed by atoms with van der Waals surface area (Å²) in [4.78, 5) is 39.3. The van der Waals surface area contributed by atoms with Crippen molar-refractivity contribution in [1.82, 2.24) is 0 Å². The third-order valence-electron chi connectivity index (χ3n) is 1.87. The zero-order chi connectivity index (χ0) is 16.3. The molecule has 0 bridgehead atoms. The summed E-state index contributed by atoms with van der Waals surface area (Å²) >= 11 is 0. The Hall–Kier alpha value is -1.69. The standard InChI is InChI=1S/2C5H8NO4.Co/c2*6-3(5(9)10)1-2-4(7)8;/h2*3,6H,1-2H2,(H,7,8)(H,9,10);/q2*-1;+2. The minimum Gasteiger partial charge on any atom is -0.665 e. The Labute approximate surface area is 133 Å². The number of hydrogen-bond acceptors (Lipinski definition) is 6. The van der Waals surface area contributed by atoms with Crippen molar-refractivity contribution in [1.29, 1.82) is 0 Å². The predicted octanol–water partition coefficient (Wildman–Crippen LogP) is -1.73. The van der Waals surface area contributed by atoms with Crippen molar-refractivity contribution in [3.63, 3.8) is 0 Å². The summed E-state index contributed by atoms with van der Waals surface area (Å²) in [5.74, 6) is -5.25. The second-order valence-corrected chi connectivity index (χ2v) is 3.60. The van der Waals surface area contributed by atoms with Crippen LogP contribution in [0.1, 0.15) is 28.5 Å². The molecule has 0 aromatic heterocycles. The van der Waals surface area contributed by atoms with Gasteiger partial charge in [-0.2, -0.15) is 0 Å². The first-order chi connectivity index (χ1) is 9.07. The number of carboxylic acid groups (broad SMARTS) is 4. The predicted molar refractivity (Wildman–Crippen MR) is 62.2 cm³/mol. The Morgan fingerprint density at radius 1 is 0.857 bits per heavy atom. The molecule has 0 saturated heterocycles. The monoisotopic (exact) mass is 351 g/mol. The molecule has 0 saturated carbocycles. The fourth-order valence-corrected chi connectivity index (χ4v) is 0.771. The minimum atomic E-state index is -1.35. The second-order valence-electron chi connectivity index (χ2n) is 3.60. The van der Waals surface area contributed by atoms with Gasteiger partial charge in [-0.15, -0.1) is 0 Å². The van der Waals surface area contributed by atoms with E-state index < -0.39 is 36.0 Å². The Morgan fingerprint density at radius 2 is 1.10 bits per heavy atom. The molecule has 0 heterocycles. The van der Waals surface area contributed by atoms with Gasteiger partial charge in [-0.05, 0) is 24.9 Å². The van der Waals surface area contributed by atoms with Crippen LogP contribution in [0.5, 0.6) is 0 Å². The largest absolute Gasteiger partial charge is 2.00 e. The van der Waals surface area contributed by atoms with Gasteiger partial charge in [-0.3, -0.25) is 9.59 Å². The van der Waals surface area contributed by atoms with E-state index in [1.165, 1.54) is 0 Å². The smallest absolute Gasteiger partial charge is 0.665 e. The summed E-state index contributed by atoms with van der Waals surface area (Å²) in [5, 5.41) is 35.7. The van der Waals surface area contributed by atoms with Crippen LogP contribution in [-0.2, 0) is 36.0 Å². The number of hydrogen-bond donors (Lipinski definition) is 2. The van der Waals surface area contributed by atoms with Crippen LogP contribution in [0.4, 0.5) is 0 Å². The maximum Gasteiger partial charge on any atom is 2.00 e. The van der Waals surface area contributed by atoms with Crippen LogP contribution in [0.15, 0.2) is 0 Å². The van der Waals surface area contributed by atoms with Crippen molar-refractivity contribution in [2.45, 2.75) is 37.8 Å². The zero-order valence-corrected chi connectivity index (χ0v) is 11.7. The fraction of sp³-hybridized carbons (Fsp3) is 0.600. The molecule has 2 unspecified atom stereocenters. The van der Waals surface area contributed by atoms with Crippen LogP contribution in [0.3, 0.4) is 0 Å². The molecule has 1 radical (unpaired) electrons. The maximum absolute atomic E-state index is 9.91. The SMILES string of the molecule is [Co+2].[H+].[H+].[NH-]C(CCC(=O)[O-])C(=O)O.[NH-]C(CCC(=O)[O-])C(=O)O. The zero-order valence-electron chi connectivity index (χ0n) is 12.7. The molecule has 0 fully saturated rings. The molecule has 2 atom stereocenters. The fourth-order valence-electron chi connectivity index (χ4n) is 0.771. The number of rotatable bonds is 8. The van der Waals surface area contributed by atoms with Gasteiger partial charge in [0, 0.05) is 11.9 Å². The molecule has 21 heavy (non-hydrogen) atoms. The van der Waals surface area contributed by atoms with Gasteiger partial charge in [0.2, 0.25) is 0 Å². The molecule has 0 aliphatic heterocycles. The van der Waals surface area contributed by atoms with Gasteiger partial charge in [0.25, 0.3) is 11.9 Å². The van der Waals surface area contributed by atoms with Crippen LogP contribution in [0, 0.1) is 0 Å². The molecule has 0 spiro atoms. The van der Waals surface area contributed by atoms with E-state index in [4.69, 9.17) is 21.7 Å². The molecule has 0 aliphatic carbocycles. The minimum absolute atomic E-state index is 0. The van der Waals surface area contributed by atoms with Crippen LogP contribution in [0.25, 0.3) is 11.5 Å². The van der Waals surface area contributed by atoms with Crippen LogP contribution >= 0.6 is 0 Å². The molecule has 123 valence electrons. The van der Waals surface area contributed by atoms with Crippen molar-refractivity contribution in [3.8, 4) is 0 Å². The van der Waals surface area contributed by atoms with Crippen molar-refractivity contribution in [2.24, 2.45) is 0 Å². The number of carbonyl (C=O) groups is 4. The Kier molecular flexibility index (Phi) is 15.4. The Bertz CT molecular complexity index is 339. The summed E-state index contributed by atoms with van der Waals surface area (Å²) in [6.45, 7) is 0. The summed E-state index contributed by atoms with van der Waals surface area (Å²) in [7, 11) is 0. The van der Waals surface area contributed by atoms with E-state index in [0.29, 0.717) is 0 Å². The van der Waals surface area contributed by atoms with Crippen molar-refractivity contribution in [3.05, 3.63) is 11.5 Å². The summed E-state index contributed by atoms with van der Waals surface area (Å²) < 4.78 is 0. The van der Waals surface area contributed by atoms with E-state index in [2.05, 4.69) is 0 Å². The average Bonchev–Trinajstić information content (AvgIpc) is 2.33. The molecule has 0 rings (SSSR count). The first-order valence-corrected chi connectivity index (χ1v) is 5.35. The molecule has 10 nitrogen and oxygen atoms in total. The van der Waals surface area contributed by atoms with Gasteiger partial charge in [0.05, 0.1) is 0 Å². The summed E-state index contributed by atoms with van der Waals surface area (Å²) in [6, 6.07) is -2.70. The molecule has 0 aromatic rings. The molecule has 0 amide bonds. The van der Waals surface area contributed by atoms with E-state index in [0.717, 1.165) is 0 Å². The molecular formula is C10H16CoN2O8. The van der Waals surface area contributed by atoms with Crippen molar-refractivity contribution < 1.29 is 59.2 Å². The van der Waals surface area contributed by atoms with Crippen LogP contribution in [0.2, 0.25) is 0 Å². The van der Waals surface area contributed by atoms with E-state index in [9.17, 15) is 29.4 Å². The number of carbonyl (C=O) groups excluding carboxylic acids is 2. The molecule has 0 aliphatic rings. The number of aliphatic carboxylic acids is 4. The Morgan fingerprint density at radius 3 is 1.24 bits per heavy atom. The summed E-state index contributed by atoms with van der Waals surface area (Å²) in [5.41, 5.74) is 13.5. The number of nitrogens with one attached hydrogen (secondary N) is 2. The molecule has 11 heteroatoms. The van der Waals surface area contributed by atoms with E-state index in [-0.39, 0.29) is 45.3 Å². The van der Waals surface area contributed by atoms with Gasteiger partial charge in [-0.1, -0.05) is 12.8 Å². The molecular weight excluding hydrogens is 335 g/mol. The molecule has 4 N–H and O–H groups in total. The van der Waals surface area contributed by atoms with Crippen LogP contribution < -0.4 is 10.2 Å². The van der Waals surface area contributed by atoms with Crippen molar-refractivity contribution >= 4 is 23.9 Å². The normalized spacial score (nSPS) is 11.9. The van der Waals surface area contributed by atoms with Gasteiger partial charge >= 0.3 is 19.6 Å². The van der Waals surface area contributed by atoms with E-state index in [1.807, 2.05) is 0 Å². The average molecular weight is 351 g/mol. The van der Waals surface area contributed by atoms with Gasteiger partial charge < -0.3 is 41.5 Å². The van der Waals surface area contributed by atoms with Crippen molar-refractivity contribution in [2.75, 3.05) is 0 Å². The topological polar surface area (TPSA) is 202 Å². The third-order valence-corrected chi connectivity index (χ3v) is 1.87.